The highest BCUT2D eigenvalue weighted by molar-refractivity contribution is 9.10. The molecule has 1 amide bonds. The van der Waals surface area contributed by atoms with Gasteiger partial charge in [0.15, 0.2) is 6.73 Å². The van der Waals surface area contributed by atoms with E-state index in [4.69, 9.17) is 4.74 Å². The van der Waals surface area contributed by atoms with Crippen LogP contribution < -0.4 is 10.1 Å². The summed E-state index contributed by atoms with van der Waals surface area (Å²) < 4.78 is 9.08. The fourth-order valence-electron chi connectivity index (χ4n) is 2.00. The number of carbonyl (C=O) groups is 1. The summed E-state index contributed by atoms with van der Waals surface area (Å²) in [5.74, 6) is 0.554. The number of nitrogens with zero attached hydrogens (tertiary/aromatic N) is 2. The van der Waals surface area contributed by atoms with E-state index in [9.17, 15) is 4.79 Å². The van der Waals surface area contributed by atoms with Gasteiger partial charge in [-0.15, -0.1) is 0 Å². The summed E-state index contributed by atoms with van der Waals surface area (Å²) in [5.41, 5.74) is 1.18. The minimum absolute atomic E-state index is 0.190. The molecule has 0 aliphatic rings. The molecule has 0 saturated carbocycles. The summed E-state index contributed by atoms with van der Waals surface area (Å²) in [7, 11) is 0. The Bertz CT molecular complexity index is 847. The van der Waals surface area contributed by atoms with Crippen LogP contribution in [0.15, 0.2) is 69.9 Å². The number of ether oxygens (including phenoxy) is 1. The SMILES string of the molecule is O=C(Nc1cnn(COc2ccc(Br)cc2)c1)c1cccc(Br)c1. The Kier molecular flexibility index (Phi) is 5.32. The van der Waals surface area contributed by atoms with Crippen LogP contribution in [0.5, 0.6) is 5.75 Å². The van der Waals surface area contributed by atoms with Crippen molar-refractivity contribution in [2.24, 2.45) is 0 Å². The van der Waals surface area contributed by atoms with Crippen molar-refractivity contribution in [2.45, 2.75) is 6.73 Å². The number of aromatic nitrogens is 2. The maximum Gasteiger partial charge on any atom is 0.255 e. The number of amides is 1. The third-order valence-electron chi connectivity index (χ3n) is 3.16. The molecule has 0 saturated heterocycles. The second-order valence-electron chi connectivity index (χ2n) is 4.96. The van der Waals surface area contributed by atoms with Crippen LogP contribution in [0, 0.1) is 0 Å². The highest BCUT2D eigenvalue weighted by atomic mass is 79.9. The Morgan fingerprint density at radius 1 is 1.12 bits per heavy atom. The number of anilines is 1. The van der Waals surface area contributed by atoms with Crippen molar-refractivity contribution >= 4 is 43.5 Å². The first kappa shape index (κ1) is 16.7. The number of carbonyl (C=O) groups excluding carboxylic acids is 1. The zero-order chi connectivity index (χ0) is 16.9. The molecule has 0 atom stereocenters. The quantitative estimate of drug-likeness (QED) is 0.613. The van der Waals surface area contributed by atoms with Crippen molar-refractivity contribution in [3.05, 3.63) is 75.4 Å². The zero-order valence-corrected chi connectivity index (χ0v) is 15.6. The lowest BCUT2D eigenvalue weighted by atomic mass is 10.2. The van der Waals surface area contributed by atoms with Gasteiger partial charge in [-0.2, -0.15) is 5.10 Å². The molecular weight excluding hydrogens is 438 g/mol. The normalized spacial score (nSPS) is 10.4. The minimum atomic E-state index is -0.190. The molecule has 1 N–H and O–H groups in total. The van der Waals surface area contributed by atoms with E-state index in [1.807, 2.05) is 36.4 Å². The van der Waals surface area contributed by atoms with Crippen LogP contribution in [0.2, 0.25) is 0 Å². The first-order valence-corrected chi connectivity index (χ1v) is 8.66. The van der Waals surface area contributed by atoms with E-state index in [-0.39, 0.29) is 12.6 Å². The summed E-state index contributed by atoms with van der Waals surface area (Å²) in [4.78, 5) is 12.2. The first-order chi connectivity index (χ1) is 11.6. The molecule has 0 fully saturated rings. The van der Waals surface area contributed by atoms with E-state index in [0.29, 0.717) is 11.3 Å². The van der Waals surface area contributed by atoms with Crippen LogP contribution in [0.1, 0.15) is 10.4 Å². The average Bonchev–Trinajstić information content (AvgIpc) is 3.02. The number of halogens is 2. The van der Waals surface area contributed by atoms with Gasteiger partial charge in [-0.3, -0.25) is 4.79 Å². The minimum Gasteiger partial charge on any atom is -0.471 e. The van der Waals surface area contributed by atoms with Crippen molar-refractivity contribution < 1.29 is 9.53 Å². The number of rotatable bonds is 5. The highest BCUT2D eigenvalue weighted by Crippen LogP contribution is 2.17. The molecule has 5 nitrogen and oxygen atoms in total. The molecule has 1 heterocycles. The summed E-state index contributed by atoms with van der Waals surface area (Å²) in [5, 5.41) is 6.98. The van der Waals surface area contributed by atoms with E-state index >= 15 is 0 Å². The molecule has 0 aliphatic carbocycles. The van der Waals surface area contributed by atoms with Gasteiger partial charge in [0, 0.05) is 14.5 Å². The van der Waals surface area contributed by atoms with E-state index in [1.165, 1.54) is 0 Å². The van der Waals surface area contributed by atoms with Gasteiger partial charge in [0.05, 0.1) is 18.1 Å². The standard InChI is InChI=1S/C17H13Br2N3O2/c18-13-4-6-16(7-5-13)24-11-22-10-15(9-20-22)21-17(23)12-2-1-3-14(19)8-12/h1-10H,11H2,(H,21,23). The monoisotopic (exact) mass is 449 g/mol. The predicted octanol–water partition coefficient (Wildman–Crippen LogP) is 4.70. The molecule has 0 spiro atoms. The van der Waals surface area contributed by atoms with Crippen LogP contribution in [0.25, 0.3) is 0 Å². The molecule has 1 aromatic heterocycles. The molecule has 3 aromatic rings. The highest BCUT2D eigenvalue weighted by Gasteiger charge is 2.08. The molecule has 0 bridgehead atoms. The van der Waals surface area contributed by atoms with Crippen molar-refractivity contribution in [2.75, 3.05) is 5.32 Å². The van der Waals surface area contributed by atoms with Crippen LogP contribution in [-0.2, 0) is 6.73 Å². The zero-order valence-electron chi connectivity index (χ0n) is 12.4. The summed E-state index contributed by atoms with van der Waals surface area (Å²) in [6.45, 7) is 0.258. The second-order valence-corrected chi connectivity index (χ2v) is 6.79. The molecule has 0 aliphatic heterocycles. The molecular formula is C17H13Br2N3O2. The van der Waals surface area contributed by atoms with E-state index in [1.54, 1.807) is 29.2 Å². The van der Waals surface area contributed by atoms with Crippen LogP contribution in [0.4, 0.5) is 5.69 Å². The smallest absolute Gasteiger partial charge is 0.255 e. The Hall–Kier alpha value is -2.12. The van der Waals surface area contributed by atoms with Crippen molar-refractivity contribution in [3.8, 4) is 5.75 Å². The van der Waals surface area contributed by atoms with Crippen LogP contribution >= 0.6 is 31.9 Å². The number of hydrogen-bond acceptors (Lipinski definition) is 3. The fourth-order valence-corrected chi connectivity index (χ4v) is 2.67. The number of benzene rings is 2. The van der Waals surface area contributed by atoms with Crippen molar-refractivity contribution in [1.29, 1.82) is 0 Å². The van der Waals surface area contributed by atoms with Gasteiger partial charge in [0.2, 0.25) is 0 Å². The van der Waals surface area contributed by atoms with Gasteiger partial charge < -0.3 is 10.1 Å². The second kappa shape index (κ2) is 7.63. The number of hydrogen-bond donors (Lipinski definition) is 1. The lowest BCUT2D eigenvalue weighted by Gasteiger charge is -2.06. The Morgan fingerprint density at radius 3 is 2.67 bits per heavy atom. The molecule has 24 heavy (non-hydrogen) atoms. The fraction of sp³-hybridized carbons (Fsp3) is 0.0588. The lowest BCUT2D eigenvalue weighted by Crippen LogP contribution is -2.11. The topological polar surface area (TPSA) is 56.2 Å². The number of nitrogens with one attached hydrogen (secondary N) is 1. The summed E-state index contributed by atoms with van der Waals surface area (Å²) in [6.07, 6.45) is 3.30. The predicted molar refractivity (Wildman–Crippen MR) is 99.1 cm³/mol. The maximum absolute atomic E-state index is 12.2. The Balaban J connectivity index is 1.59. The van der Waals surface area contributed by atoms with Gasteiger partial charge in [-0.1, -0.05) is 37.9 Å². The van der Waals surface area contributed by atoms with Gasteiger partial charge in [0.25, 0.3) is 5.91 Å². The van der Waals surface area contributed by atoms with E-state index < -0.39 is 0 Å². The van der Waals surface area contributed by atoms with Crippen molar-refractivity contribution in [1.82, 2.24) is 9.78 Å². The Labute approximate surface area is 155 Å². The van der Waals surface area contributed by atoms with Gasteiger partial charge in [-0.25, -0.2) is 4.68 Å². The summed E-state index contributed by atoms with van der Waals surface area (Å²) in [6, 6.07) is 14.7. The van der Waals surface area contributed by atoms with E-state index in [0.717, 1.165) is 14.7 Å². The molecule has 122 valence electrons. The van der Waals surface area contributed by atoms with Crippen LogP contribution in [0.3, 0.4) is 0 Å². The molecule has 0 radical (unpaired) electrons. The average molecular weight is 451 g/mol. The Morgan fingerprint density at radius 2 is 1.92 bits per heavy atom. The third kappa shape index (κ3) is 4.46. The van der Waals surface area contributed by atoms with Gasteiger partial charge in [0.1, 0.15) is 5.75 Å². The maximum atomic E-state index is 12.2. The lowest BCUT2D eigenvalue weighted by molar-refractivity contribution is 0.102. The first-order valence-electron chi connectivity index (χ1n) is 7.08. The van der Waals surface area contributed by atoms with Crippen molar-refractivity contribution in [3.63, 3.8) is 0 Å². The van der Waals surface area contributed by atoms with E-state index in [2.05, 4.69) is 42.3 Å². The molecule has 7 heteroatoms. The molecule has 0 unspecified atom stereocenters. The van der Waals surface area contributed by atoms with Gasteiger partial charge in [-0.05, 0) is 42.5 Å². The molecule has 2 aromatic carbocycles. The van der Waals surface area contributed by atoms with Crippen LogP contribution in [-0.4, -0.2) is 15.7 Å². The summed E-state index contributed by atoms with van der Waals surface area (Å²) >= 11 is 6.73. The molecule has 3 rings (SSSR count). The van der Waals surface area contributed by atoms with Gasteiger partial charge >= 0.3 is 0 Å². The third-order valence-corrected chi connectivity index (χ3v) is 4.18. The largest absolute Gasteiger partial charge is 0.471 e.